The van der Waals surface area contributed by atoms with Gasteiger partial charge in [0.1, 0.15) is 11.1 Å². The van der Waals surface area contributed by atoms with E-state index in [-0.39, 0.29) is 18.8 Å². The summed E-state index contributed by atoms with van der Waals surface area (Å²) >= 11 is 1.69. The maximum atomic E-state index is 9.73. The Labute approximate surface area is 141 Å². The third kappa shape index (κ3) is 3.91. The molecule has 3 rings (SSSR count). The number of anilines is 1. The Hall–Kier alpha value is -1.43. The van der Waals surface area contributed by atoms with E-state index in [9.17, 15) is 5.11 Å². The van der Waals surface area contributed by atoms with Crippen LogP contribution in [0.25, 0.3) is 0 Å². The van der Waals surface area contributed by atoms with E-state index in [0.29, 0.717) is 6.54 Å². The number of benzene rings is 1. The molecule has 1 saturated heterocycles. The van der Waals surface area contributed by atoms with Crippen molar-refractivity contribution in [1.82, 2.24) is 4.98 Å². The summed E-state index contributed by atoms with van der Waals surface area (Å²) in [6.07, 6.45) is 3.27. The van der Waals surface area contributed by atoms with Gasteiger partial charge in [0.2, 0.25) is 0 Å². The number of ether oxygens (including phenoxy) is 1. The van der Waals surface area contributed by atoms with Crippen LogP contribution in [-0.4, -0.2) is 29.3 Å². The topological polar surface area (TPSA) is 45.6 Å². The van der Waals surface area contributed by atoms with Gasteiger partial charge in [0.05, 0.1) is 24.9 Å². The fraction of sp³-hybridized carbons (Fsp3) is 0.500. The number of aliphatic hydroxyl groups excluding tert-OH is 1. The van der Waals surface area contributed by atoms with Gasteiger partial charge in [0, 0.05) is 17.7 Å². The Morgan fingerprint density at radius 3 is 2.87 bits per heavy atom. The summed E-state index contributed by atoms with van der Waals surface area (Å²) in [4.78, 5) is 7.02. The van der Waals surface area contributed by atoms with Crippen LogP contribution in [0.4, 0.5) is 5.69 Å². The molecule has 0 radical (unpaired) electrons. The normalized spacial score (nSPS) is 19.0. The molecule has 2 aromatic rings. The molecule has 4 nitrogen and oxygen atoms in total. The number of nitrogens with zero attached hydrogens (tertiary/aromatic N) is 2. The first-order valence-corrected chi connectivity index (χ1v) is 9.18. The number of hydrogen-bond donors (Lipinski definition) is 1. The summed E-state index contributed by atoms with van der Waals surface area (Å²) in [7, 11) is 0. The van der Waals surface area contributed by atoms with Gasteiger partial charge >= 0.3 is 0 Å². The van der Waals surface area contributed by atoms with Crippen molar-refractivity contribution in [2.75, 3.05) is 18.1 Å². The highest BCUT2D eigenvalue weighted by molar-refractivity contribution is 7.09. The largest absolute Gasteiger partial charge is 0.394 e. The summed E-state index contributed by atoms with van der Waals surface area (Å²) in [5, 5.41) is 12.9. The lowest BCUT2D eigenvalue weighted by Crippen LogP contribution is -2.37. The standard InChI is InChI=1S/C18H24N2O2S/c1-2-15(12-21)20(16-7-4-3-5-8-16)11-14-13-23-18(19-14)17-9-6-10-22-17/h3-5,7-8,13,15,17,21H,2,6,9-12H2,1H3. The SMILES string of the molecule is CCC(CO)N(Cc1csc(C2CCCO2)n1)c1ccccc1. The molecule has 2 unspecified atom stereocenters. The summed E-state index contributed by atoms with van der Waals surface area (Å²) in [6, 6.07) is 10.4. The number of aromatic nitrogens is 1. The molecule has 0 amide bonds. The maximum Gasteiger partial charge on any atom is 0.122 e. The second kappa shape index (κ2) is 7.90. The number of aliphatic hydroxyl groups is 1. The highest BCUT2D eigenvalue weighted by atomic mass is 32.1. The van der Waals surface area contributed by atoms with Crippen LogP contribution < -0.4 is 4.90 Å². The van der Waals surface area contributed by atoms with Crippen molar-refractivity contribution in [3.05, 3.63) is 46.4 Å². The van der Waals surface area contributed by atoms with Gasteiger partial charge in [-0.15, -0.1) is 11.3 Å². The van der Waals surface area contributed by atoms with E-state index in [1.807, 2.05) is 18.2 Å². The van der Waals surface area contributed by atoms with Gasteiger partial charge in [-0.1, -0.05) is 25.1 Å². The average molecular weight is 332 g/mol. The summed E-state index contributed by atoms with van der Waals surface area (Å²) in [5.74, 6) is 0. The van der Waals surface area contributed by atoms with Crippen LogP contribution in [0.1, 0.15) is 43.0 Å². The van der Waals surface area contributed by atoms with Crippen LogP contribution in [0.15, 0.2) is 35.7 Å². The lowest BCUT2D eigenvalue weighted by atomic mass is 10.1. The zero-order valence-corrected chi connectivity index (χ0v) is 14.3. The van der Waals surface area contributed by atoms with Crippen molar-refractivity contribution in [2.45, 2.75) is 44.9 Å². The van der Waals surface area contributed by atoms with Crippen LogP contribution in [0.2, 0.25) is 0 Å². The predicted molar refractivity (Wildman–Crippen MR) is 93.8 cm³/mol. The first-order valence-electron chi connectivity index (χ1n) is 8.30. The van der Waals surface area contributed by atoms with Crippen molar-refractivity contribution in [3.8, 4) is 0 Å². The van der Waals surface area contributed by atoms with Crippen LogP contribution >= 0.6 is 11.3 Å². The smallest absolute Gasteiger partial charge is 0.122 e. The first kappa shape index (κ1) is 16.4. The van der Waals surface area contributed by atoms with Crippen molar-refractivity contribution in [1.29, 1.82) is 0 Å². The average Bonchev–Trinajstić information content (AvgIpc) is 3.27. The monoisotopic (exact) mass is 332 g/mol. The molecule has 0 spiro atoms. The molecule has 0 aliphatic carbocycles. The van der Waals surface area contributed by atoms with Crippen LogP contribution in [0, 0.1) is 0 Å². The number of para-hydroxylation sites is 1. The Bertz CT molecular complexity index is 592. The highest BCUT2D eigenvalue weighted by Crippen LogP contribution is 2.31. The van der Waals surface area contributed by atoms with Gasteiger partial charge in [-0.3, -0.25) is 0 Å². The van der Waals surface area contributed by atoms with Gasteiger partial charge in [-0.05, 0) is 31.4 Å². The van der Waals surface area contributed by atoms with Gasteiger partial charge < -0.3 is 14.7 Å². The zero-order valence-electron chi connectivity index (χ0n) is 13.5. The third-order valence-corrected chi connectivity index (χ3v) is 5.30. The lowest BCUT2D eigenvalue weighted by molar-refractivity contribution is 0.111. The Morgan fingerprint density at radius 2 is 2.22 bits per heavy atom. The van der Waals surface area contributed by atoms with Crippen LogP contribution in [0.3, 0.4) is 0 Å². The van der Waals surface area contributed by atoms with E-state index in [0.717, 1.165) is 42.3 Å². The van der Waals surface area contributed by atoms with Crippen molar-refractivity contribution < 1.29 is 9.84 Å². The van der Waals surface area contributed by atoms with E-state index < -0.39 is 0 Å². The van der Waals surface area contributed by atoms with E-state index in [2.05, 4.69) is 29.3 Å². The quantitative estimate of drug-likeness (QED) is 0.838. The van der Waals surface area contributed by atoms with E-state index in [1.54, 1.807) is 11.3 Å². The molecule has 1 aromatic heterocycles. The van der Waals surface area contributed by atoms with Crippen LogP contribution in [0.5, 0.6) is 0 Å². The second-order valence-corrected chi connectivity index (χ2v) is 6.78. The second-order valence-electron chi connectivity index (χ2n) is 5.89. The Balaban J connectivity index is 1.78. The van der Waals surface area contributed by atoms with Gasteiger partial charge in [0.25, 0.3) is 0 Å². The molecule has 1 aliphatic heterocycles. The molecule has 1 aromatic carbocycles. The molecule has 1 aliphatic rings. The minimum absolute atomic E-state index is 0.102. The lowest BCUT2D eigenvalue weighted by Gasteiger charge is -2.31. The minimum Gasteiger partial charge on any atom is -0.394 e. The first-order chi connectivity index (χ1) is 11.3. The molecular weight excluding hydrogens is 308 g/mol. The Morgan fingerprint density at radius 1 is 1.39 bits per heavy atom. The molecule has 0 bridgehead atoms. The molecule has 1 fully saturated rings. The molecular formula is C18H24N2O2S. The van der Waals surface area contributed by atoms with Crippen molar-refractivity contribution >= 4 is 17.0 Å². The maximum absolute atomic E-state index is 9.73. The summed E-state index contributed by atoms with van der Waals surface area (Å²) in [6.45, 7) is 3.81. The van der Waals surface area contributed by atoms with E-state index in [1.165, 1.54) is 0 Å². The van der Waals surface area contributed by atoms with Gasteiger partial charge in [-0.25, -0.2) is 4.98 Å². The fourth-order valence-corrected chi connectivity index (χ4v) is 3.88. The van der Waals surface area contributed by atoms with Crippen LogP contribution in [-0.2, 0) is 11.3 Å². The summed E-state index contributed by atoms with van der Waals surface area (Å²) < 4.78 is 5.73. The fourth-order valence-electron chi connectivity index (χ4n) is 2.99. The molecule has 5 heteroatoms. The summed E-state index contributed by atoms with van der Waals surface area (Å²) in [5.41, 5.74) is 2.18. The predicted octanol–water partition coefficient (Wildman–Crippen LogP) is 3.77. The van der Waals surface area contributed by atoms with E-state index in [4.69, 9.17) is 9.72 Å². The number of rotatable bonds is 7. The van der Waals surface area contributed by atoms with Crippen molar-refractivity contribution in [2.24, 2.45) is 0 Å². The molecule has 23 heavy (non-hydrogen) atoms. The molecule has 2 heterocycles. The molecule has 124 valence electrons. The zero-order chi connectivity index (χ0) is 16.1. The highest BCUT2D eigenvalue weighted by Gasteiger charge is 2.23. The Kier molecular flexibility index (Phi) is 5.65. The van der Waals surface area contributed by atoms with Gasteiger partial charge in [0.15, 0.2) is 0 Å². The molecule has 1 N–H and O–H groups in total. The van der Waals surface area contributed by atoms with Gasteiger partial charge in [-0.2, -0.15) is 0 Å². The minimum atomic E-state index is 0.102. The number of thiazole rings is 1. The third-order valence-electron chi connectivity index (χ3n) is 4.32. The number of hydrogen-bond acceptors (Lipinski definition) is 5. The molecule has 2 atom stereocenters. The van der Waals surface area contributed by atoms with Crippen molar-refractivity contribution in [3.63, 3.8) is 0 Å². The molecule has 0 saturated carbocycles. The van der Waals surface area contributed by atoms with E-state index >= 15 is 0 Å².